The second-order valence-corrected chi connectivity index (χ2v) is 6.01. The Morgan fingerprint density at radius 1 is 1.12 bits per heavy atom. The molecule has 1 saturated heterocycles. The molecule has 0 radical (unpaired) electrons. The molecule has 1 heterocycles. The summed E-state index contributed by atoms with van der Waals surface area (Å²) in [5, 5.41) is 2.96. The number of ether oxygens (including phenoxy) is 2. The first kappa shape index (κ1) is 17.3. The summed E-state index contributed by atoms with van der Waals surface area (Å²) in [5.74, 6) is 0.829. The zero-order valence-corrected chi connectivity index (χ0v) is 14.5. The third-order valence-electron chi connectivity index (χ3n) is 4.34. The zero-order valence-electron chi connectivity index (χ0n) is 14.5. The maximum Gasteiger partial charge on any atom is 0.224 e. The van der Waals surface area contributed by atoms with Crippen molar-refractivity contribution in [1.29, 1.82) is 0 Å². The summed E-state index contributed by atoms with van der Waals surface area (Å²) < 4.78 is 10.7. The van der Waals surface area contributed by atoms with E-state index in [4.69, 9.17) is 9.47 Å². The normalized spacial score (nSPS) is 14.2. The molecule has 25 heavy (non-hydrogen) atoms. The van der Waals surface area contributed by atoms with Gasteiger partial charge in [0.15, 0.2) is 0 Å². The molecule has 132 valence electrons. The van der Waals surface area contributed by atoms with E-state index in [0.29, 0.717) is 12.8 Å². The van der Waals surface area contributed by atoms with Crippen molar-refractivity contribution in [2.24, 2.45) is 0 Å². The lowest BCUT2D eigenvalue weighted by atomic mass is 10.1. The number of carbonyl (C=O) groups is 1. The minimum Gasteiger partial charge on any atom is -0.496 e. The fourth-order valence-corrected chi connectivity index (χ4v) is 2.96. The number of carbonyl (C=O) groups excluding carboxylic acids is 1. The van der Waals surface area contributed by atoms with E-state index >= 15 is 0 Å². The highest BCUT2D eigenvalue weighted by atomic mass is 16.5. The molecule has 1 N–H and O–H groups in total. The third-order valence-corrected chi connectivity index (χ3v) is 4.34. The molecule has 0 saturated carbocycles. The van der Waals surface area contributed by atoms with E-state index < -0.39 is 0 Å². The summed E-state index contributed by atoms with van der Waals surface area (Å²) >= 11 is 0. The van der Waals surface area contributed by atoms with Gasteiger partial charge in [0.05, 0.1) is 20.3 Å². The van der Waals surface area contributed by atoms with Crippen molar-refractivity contribution in [3.8, 4) is 5.75 Å². The third kappa shape index (κ3) is 4.73. The number of nitrogens with one attached hydrogen (secondary N) is 1. The molecule has 2 aromatic carbocycles. The van der Waals surface area contributed by atoms with E-state index in [0.717, 1.165) is 49.0 Å². The Balaban J connectivity index is 1.52. The Hall–Kier alpha value is -2.53. The van der Waals surface area contributed by atoms with Crippen LogP contribution in [0.25, 0.3) is 0 Å². The van der Waals surface area contributed by atoms with Gasteiger partial charge < -0.3 is 19.7 Å². The zero-order chi connectivity index (χ0) is 17.5. The fourth-order valence-electron chi connectivity index (χ4n) is 2.96. The van der Waals surface area contributed by atoms with E-state index in [1.54, 1.807) is 7.11 Å². The van der Waals surface area contributed by atoms with E-state index in [9.17, 15) is 4.79 Å². The van der Waals surface area contributed by atoms with Gasteiger partial charge in [0.25, 0.3) is 0 Å². The van der Waals surface area contributed by atoms with Crippen LogP contribution in [0.5, 0.6) is 5.75 Å². The van der Waals surface area contributed by atoms with Gasteiger partial charge in [-0.3, -0.25) is 4.79 Å². The van der Waals surface area contributed by atoms with Gasteiger partial charge in [0.1, 0.15) is 5.75 Å². The molecule has 0 atom stereocenters. The molecular weight excluding hydrogens is 316 g/mol. The Kier molecular flexibility index (Phi) is 5.90. The SMILES string of the molecule is COc1ccccc1CCC(=O)Nc1ccc(N2CCOCC2)cc1. The number of hydrogen-bond donors (Lipinski definition) is 1. The van der Waals surface area contributed by atoms with E-state index in [-0.39, 0.29) is 5.91 Å². The summed E-state index contributed by atoms with van der Waals surface area (Å²) in [6.07, 6.45) is 1.08. The minimum absolute atomic E-state index is 0.00466. The molecule has 1 aliphatic rings. The number of aryl methyl sites for hydroxylation is 1. The predicted molar refractivity (Wildman–Crippen MR) is 99.4 cm³/mol. The van der Waals surface area contributed by atoms with Gasteiger partial charge in [0, 0.05) is 30.9 Å². The molecular formula is C20H24N2O3. The molecule has 0 unspecified atom stereocenters. The first-order chi connectivity index (χ1) is 12.3. The van der Waals surface area contributed by atoms with Crippen LogP contribution in [-0.4, -0.2) is 39.3 Å². The van der Waals surface area contributed by atoms with E-state index in [2.05, 4.69) is 10.2 Å². The molecule has 0 spiro atoms. The number of amides is 1. The van der Waals surface area contributed by atoms with Crippen molar-refractivity contribution in [3.05, 3.63) is 54.1 Å². The monoisotopic (exact) mass is 340 g/mol. The lowest BCUT2D eigenvalue weighted by Crippen LogP contribution is -2.36. The lowest BCUT2D eigenvalue weighted by molar-refractivity contribution is -0.116. The minimum atomic E-state index is 0.00466. The van der Waals surface area contributed by atoms with Crippen LogP contribution in [0.4, 0.5) is 11.4 Å². The largest absolute Gasteiger partial charge is 0.496 e. The molecule has 1 aliphatic heterocycles. The van der Waals surface area contributed by atoms with Crippen molar-refractivity contribution < 1.29 is 14.3 Å². The summed E-state index contributed by atoms with van der Waals surface area (Å²) in [5.41, 5.74) is 3.03. The van der Waals surface area contributed by atoms with Crippen LogP contribution in [0, 0.1) is 0 Å². The molecule has 0 aliphatic carbocycles. The standard InChI is InChI=1S/C20H24N2O3/c1-24-19-5-3-2-4-16(19)6-11-20(23)21-17-7-9-18(10-8-17)22-12-14-25-15-13-22/h2-5,7-10H,6,11-15H2,1H3,(H,21,23). The van der Waals surface area contributed by atoms with Crippen molar-refractivity contribution in [2.45, 2.75) is 12.8 Å². The van der Waals surface area contributed by atoms with Crippen LogP contribution in [0.15, 0.2) is 48.5 Å². The van der Waals surface area contributed by atoms with Gasteiger partial charge in [-0.2, -0.15) is 0 Å². The highest BCUT2D eigenvalue weighted by Crippen LogP contribution is 2.21. The Bertz CT molecular complexity index is 694. The van der Waals surface area contributed by atoms with E-state index in [1.807, 2.05) is 48.5 Å². The Morgan fingerprint density at radius 2 is 1.84 bits per heavy atom. The molecule has 0 bridgehead atoms. The number of nitrogens with zero attached hydrogens (tertiary/aromatic N) is 1. The van der Waals surface area contributed by atoms with Crippen LogP contribution in [0.2, 0.25) is 0 Å². The van der Waals surface area contributed by atoms with Gasteiger partial charge in [-0.25, -0.2) is 0 Å². The number of hydrogen-bond acceptors (Lipinski definition) is 4. The highest BCUT2D eigenvalue weighted by Gasteiger charge is 2.11. The maximum absolute atomic E-state index is 12.2. The molecule has 5 nitrogen and oxygen atoms in total. The second-order valence-electron chi connectivity index (χ2n) is 6.01. The first-order valence-electron chi connectivity index (χ1n) is 8.61. The molecule has 2 aromatic rings. The number of para-hydroxylation sites is 1. The van der Waals surface area contributed by atoms with Crippen LogP contribution >= 0.6 is 0 Å². The number of benzene rings is 2. The lowest BCUT2D eigenvalue weighted by Gasteiger charge is -2.28. The molecule has 0 aromatic heterocycles. The topological polar surface area (TPSA) is 50.8 Å². The van der Waals surface area contributed by atoms with Gasteiger partial charge in [0.2, 0.25) is 5.91 Å². The van der Waals surface area contributed by atoms with Crippen LogP contribution in [0.3, 0.4) is 0 Å². The summed E-state index contributed by atoms with van der Waals surface area (Å²) in [6, 6.07) is 15.8. The smallest absolute Gasteiger partial charge is 0.224 e. The summed E-state index contributed by atoms with van der Waals surface area (Å²) in [7, 11) is 1.65. The van der Waals surface area contributed by atoms with E-state index in [1.165, 1.54) is 0 Å². The van der Waals surface area contributed by atoms with Gasteiger partial charge in [-0.05, 0) is 42.3 Å². The molecule has 1 amide bonds. The molecule has 5 heteroatoms. The van der Waals surface area contributed by atoms with Gasteiger partial charge in [-0.15, -0.1) is 0 Å². The van der Waals surface area contributed by atoms with Crippen molar-refractivity contribution in [3.63, 3.8) is 0 Å². The maximum atomic E-state index is 12.2. The van der Waals surface area contributed by atoms with Crippen molar-refractivity contribution >= 4 is 17.3 Å². The summed E-state index contributed by atoms with van der Waals surface area (Å²) in [6.45, 7) is 3.35. The quantitative estimate of drug-likeness (QED) is 0.878. The Morgan fingerprint density at radius 3 is 2.56 bits per heavy atom. The fraction of sp³-hybridized carbons (Fsp3) is 0.350. The average Bonchev–Trinajstić information content (AvgIpc) is 2.68. The number of anilines is 2. The molecule has 1 fully saturated rings. The number of morpholine rings is 1. The first-order valence-corrected chi connectivity index (χ1v) is 8.61. The van der Waals surface area contributed by atoms with Gasteiger partial charge >= 0.3 is 0 Å². The summed E-state index contributed by atoms with van der Waals surface area (Å²) in [4.78, 5) is 14.5. The predicted octanol–water partition coefficient (Wildman–Crippen LogP) is 3.10. The second kappa shape index (κ2) is 8.53. The molecule has 3 rings (SSSR count). The average molecular weight is 340 g/mol. The number of methoxy groups -OCH3 is 1. The van der Waals surface area contributed by atoms with Crippen LogP contribution < -0.4 is 15.0 Å². The van der Waals surface area contributed by atoms with Crippen molar-refractivity contribution in [2.75, 3.05) is 43.6 Å². The van der Waals surface area contributed by atoms with Crippen molar-refractivity contribution in [1.82, 2.24) is 0 Å². The van der Waals surface area contributed by atoms with Crippen LogP contribution in [0.1, 0.15) is 12.0 Å². The van der Waals surface area contributed by atoms with Gasteiger partial charge in [-0.1, -0.05) is 18.2 Å². The highest BCUT2D eigenvalue weighted by molar-refractivity contribution is 5.91. The number of rotatable bonds is 6. The van der Waals surface area contributed by atoms with Crippen LogP contribution in [-0.2, 0) is 16.0 Å². The Labute approximate surface area is 148 Å².